The van der Waals surface area contributed by atoms with E-state index in [-0.39, 0.29) is 22.3 Å². The van der Waals surface area contributed by atoms with Crippen LogP contribution in [0.3, 0.4) is 0 Å². The number of hydrogen-bond donors (Lipinski definition) is 1. The lowest BCUT2D eigenvalue weighted by Gasteiger charge is -2.31. The highest BCUT2D eigenvalue weighted by molar-refractivity contribution is 6.83. The predicted molar refractivity (Wildman–Crippen MR) is 78.5 cm³/mol. The zero-order valence-electron chi connectivity index (χ0n) is 12.5. The topological polar surface area (TPSA) is 66.8 Å². The van der Waals surface area contributed by atoms with E-state index >= 15 is 0 Å². The van der Waals surface area contributed by atoms with Gasteiger partial charge in [-0.1, -0.05) is 33.8 Å². The lowest BCUT2D eigenvalue weighted by Crippen LogP contribution is -2.47. The molecule has 0 atom stereocenters. The fourth-order valence-electron chi connectivity index (χ4n) is 2.31. The first-order valence-electron chi connectivity index (χ1n) is 6.46. The van der Waals surface area contributed by atoms with E-state index in [4.69, 9.17) is 9.16 Å². The Morgan fingerprint density at radius 2 is 1.89 bits per heavy atom. The lowest BCUT2D eigenvalue weighted by molar-refractivity contribution is 0.132. The Labute approximate surface area is 116 Å². The maximum Gasteiger partial charge on any atom is 0.435 e. The van der Waals surface area contributed by atoms with Gasteiger partial charge in [-0.2, -0.15) is 0 Å². The monoisotopic (exact) mass is 285 g/mol. The van der Waals surface area contributed by atoms with E-state index in [2.05, 4.69) is 11.6 Å². The Morgan fingerprint density at radius 1 is 1.37 bits per heavy atom. The molecule has 1 N–H and O–H groups in total. The van der Waals surface area contributed by atoms with Crippen LogP contribution in [0.25, 0.3) is 4.98 Å². The van der Waals surface area contributed by atoms with E-state index in [0.717, 1.165) is 0 Å². The molecule has 0 saturated carbocycles. The average Bonchev–Trinajstić information content (AvgIpc) is 2.36. The van der Waals surface area contributed by atoms with Gasteiger partial charge >= 0.3 is 19.6 Å². The molecule has 0 aliphatic carbocycles. The molecule has 0 amide bonds. The summed E-state index contributed by atoms with van der Waals surface area (Å²) in [4.78, 5) is 3.27. The summed E-state index contributed by atoms with van der Waals surface area (Å²) in [6, 6.07) is 0. The average molecular weight is 285 g/mol. The van der Waals surface area contributed by atoms with Crippen molar-refractivity contribution in [2.45, 2.75) is 45.2 Å². The van der Waals surface area contributed by atoms with E-state index in [1.165, 1.54) is 7.11 Å². The Hall–Kier alpha value is -1.32. The zero-order chi connectivity index (χ0) is 15.1. The minimum absolute atomic E-state index is 0.125. The van der Waals surface area contributed by atoms with Gasteiger partial charge in [-0.25, -0.2) is 0 Å². The van der Waals surface area contributed by atoms with Crippen LogP contribution in [-0.4, -0.2) is 27.1 Å². The highest BCUT2D eigenvalue weighted by Gasteiger charge is 2.58. The molecule has 0 spiro atoms. The fourth-order valence-corrected chi connectivity index (χ4v) is 6.59. The van der Waals surface area contributed by atoms with Crippen LogP contribution in [0, 0.1) is 5.39 Å². The molecule has 0 radical (unpaired) electrons. The molecule has 0 fully saturated rings. The third-order valence-corrected chi connectivity index (χ3v) is 8.41. The van der Waals surface area contributed by atoms with Gasteiger partial charge in [0.15, 0.2) is 4.98 Å². The van der Waals surface area contributed by atoms with Crippen LogP contribution in [0.15, 0.2) is 23.9 Å². The Bertz CT molecular complexity index is 365. The number of nitrogens with zero attached hydrogens (tertiary/aromatic N) is 2. The number of ether oxygens (including phenoxy) is 1. The van der Waals surface area contributed by atoms with Gasteiger partial charge in [0.2, 0.25) is 5.39 Å². The molecule has 108 valence electrons. The maximum atomic E-state index is 9.85. The van der Waals surface area contributed by atoms with Gasteiger partial charge in [-0.15, -0.1) is 6.58 Å². The van der Waals surface area contributed by atoms with Crippen molar-refractivity contribution >= 4 is 8.32 Å². The minimum Gasteiger partial charge on any atom is -0.476 e. The standard InChI is InChI=1S/C13H24N2O3Si/c1-7-8-9-18-19(10(2)3,11(4)5)12(15-14)13(16)17-6/h7,10-11H,1,8-9H2,2-6H3/p+1. The van der Waals surface area contributed by atoms with Crippen molar-refractivity contribution in [1.82, 2.24) is 0 Å². The van der Waals surface area contributed by atoms with Gasteiger partial charge in [0.1, 0.15) is 0 Å². The van der Waals surface area contributed by atoms with Crippen molar-refractivity contribution in [1.29, 1.82) is 5.39 Å². The molecule has 0 rings (SSSR count). The number of aliphatic hydroxyl groups excluding tert-OH is 1. The second-order valence-corrected chi connectivity index (χ2v) is 9.64. The molecule has 0 aliphatic heterocycles. The van der Waals surface area contributed by atoms with E-state index in [9.17, 15) is 10.5 Å². The van der Waals surface area contributed by atoms with Crippen molar-refractivity contribution in [2.24, 2.45) is 0 Å². The van der Waals surface area contributed by atoms with Gasteiger partial charge in [0, 0.05) is 6.61 Å². The van der Waals surface area contributed by atoms with E-state index in [1.807, 2.05) is 27.7 Å². The molecule has 0 aliphatic rings. The summed E-state index contributed by atoms with van der Waals surface area (Å²) in [7, 11) is -1.32. The van der Waals surface area contributed by atoms with Crippen LogP contribution in [0.1, 0.15) is 34.1 Å². The summed E-state index contributed by atoms with van der Waals surface area (Å²) in [5, 5.41) is 19.3. The quantitative estimate of drug-likeness (QED) is 0.239. The molecular formula is C13H25N2O3Si+. The first kappa shape index (κ1) is 17.7. The van der Waals surface area contributed by atoms with Crippen molar-refractivity contribution < 1.29 is 14.3 Å². The summed E-state index contributed by atoms with van der Waals surface area (Å²) in [5.74, 6) is -0.366. The van der Waals surface area contributed by atoms with Crippen molar-refractivity contribution in [3.63, 3.8) is 0 Å². The van der Waals surface area contributed by atoms with Crippen LogP contribution in [-0.2, 0) is 9.16 Å². The smallest absolute Gasteiger partial charge is 0.435 e. The first-order chi connectivity index (χ1) is 8.88. The number of aliphatic hydroxyl groups is 1. The number of methoxy groups -OCH3 is 1. The SMILES string of the molecule is C=CCCO[Si](C([N+]#N)=C(O)OC)(C(C)C)C(C)C. The molecule has 0 aromatic heterocycles. The van der Waals surface area contributed by atoms with Gasteiger partial charge in [-0.05, 0) is 17.5 Å². The molecule has 0 aromatic rings. The number of diazo groups is 1. The first-order valence-corrected chi connectivity index (χ1v) is 8.52. The molecule has 0 heterocycles. The van der Waals surface area contributed by atoms with Crippen molar-refractivity contribution in [3.8, 4) is 0 Å². The van der Waals surface area contributed by atoms with Crippen LogP contribution in [0.4, 0.5) is 0 Å². The summed E-state index contributed by atoms with van der Waals surface area (Å²) in [5.41, 5.74) is 0.251. The molecular weight excluding hydrogens is 260 g/mol. The van der Waals surface area contributed by atoms with Crippen LogP contribution >= 0.6 is 0 Å². The highest BCUT2D eigenvalue weighted by atomic mass is 28.4. The number of rotatable bonds is 8. The summed E-state index contributed by atoms with van der Waals surface area (Å²) in [6.45, 7) is 12.2. The normalized spacial score (nSPS) is 13.2. The van der Waals surface area contributed by atoms with Crippen molar-refractivity contribution in [3.05, 3.63) is 28.9 Å². The Morgan fingerprint density at radius 3 is 2.21 bits per heavy atom. The summed E-state index contributed by atoms with van der Waals surface area (Å²) >= 11 is 0. The van der Waals surface area contributed by atoms with E-state index in [1.54, 1.807) is 6.08 Å². The third kappa shape index (κ3) is 3.82. The van der Waals surface area contributed by atoms with Crippen molar-refractivity contribution in [2.75, 3.05) is 13.7 Å². The molecule has 0 aromatic carbocycles. The predicted octanol–water partition coefficient (Wildman–Crippen LogP) is 4.11. The van der Waals surface area contributed by atoms with Crippen LogP contribution in [0.5, 0.6) is 0 Å². The van der Waals surface area contributed by atoms with Gasteiger partial charge in [0.25, 0.3) is 0 Å². The largest absolute Gasteiger partial charge is 0.476 e. The summed E-state index contributed by atoms with van der Waals surface area (Å²) in [6.07, 6.45) is 2.48. The van der Waals surface area contributed by atoms with E-state index < -0.39 is 8.32 Å². The molecule has 0 unspecified atom stereocenters. The molecule has 0 bridgehead atoms. The molecule has 0 saturated heterocycles. The lowest BCUT2D eigenvalue weighted by atomic mass is 10.5. The van der Waals surface area contributed by atoms with Gasteiger partial charge < -0.3 is 14.3 Å². The third-order valence-electron chi connectivity index (χ3n) is 3.24. The number of hydrogen-bond acceptors (Lipinski definition) is 4. The summed E-state index contributed by atoms with van der Waals surface area (Å²) < 4.78 is 10.9. The zero-order valence-corrected chi connectivity index (χ0v) is 13.5. The molecule has 19 heavy (non-hydrogen) atoms. The maximum absolute atomic E-state index is 9.85. The van der Waals surface area contributed by atoms with Gasteiger partial charge in [-0.3, -0.25) is 0 Å². The van der Waals surface area contributed by atoms with Crippen LogP contribution < -0.4 is 0 Å². The Balaban J connectivity index is 5.71. The van der Waals surface area contributed by atoms with E-state index in [0.29, 0.717) is 13.0 Å². The second kappa shape index (κ2) is 7.97. The molecule has 6 heteroatoms. The fraction of sp³-hybridized carbons (Fsp3) is 0.692. The highest BCUT2D eigenvalue weighted by Crippen LogP contribution is 2.41. The second-order valence-electron chi connectivity index (χ2n) is 4.99. The van der Waals surface area contributed by atoms with Crippen LogP contribution in [0.2, 0.25) is 11.1 Å². The van der Waals surface area contributed by atoms with Gasteiger partial charge in [0.05, 0.1) is 7.11 Å². The minimum atomic E-state index is -2.66. The Kier molecular flexibility index (Phi) is 7.42. The molecule has 5 nitrogen and oxygen atoms in total.